The maximum absolute atomic E-state index is 15.1. The van der Waals surface area contributed by atoms with Crippen LogP contribution in [0.1, 0.15) is 86.5 Å². The molecule has 19 aromatic rings. The molecule has 1 radical (unpaired) electrons. The number of hydrogen-bond donors (Lipinski definition) is 4. The van der Waals surface area contributed by atoms with Gasteiger partial charge in [-0.1, -0.05) is 194 Å². The maximum atomic E-state index is 15.1. The Morgan fingerprint density at radius 1 is 0.256 bits per heavy atom. The summed E-state index contributed by atoms with van der Waals surface area (Å²) < 4.78 is 8.26. The molecular weight excluding hydrogens is 1600 g/mol. The third-order valence-corrected chi connectivity index (χ3v) is 22.7. The van der Waals surface area contributed by atoms with Gasteiger partial charge in [-0.2, -0.15) is 0 Å². The fraction of sp³-hybridized carbons (Fsp3) is 0.0385. The Labute approximate surface area is 726 Å². The second-order valence-corrected chi connectivity index (χ2v) is 30.6. The Balaban J connectivity index is 0.00000987. The molecule has 0 saturated heterocycles. The second-order valence-electron chi connectivity index (χ2n) is 30.6. The van der Waals surface area contributed by atoms with E-state index < -0.39 is 0 Å². The normalized spacial score (nSPS) is 11.6. The zero-order valence-corrected chi connectivity index (χ0v) is 67.7. The number of imidazole rings is 4. The number of hydrogen-bond acceptors (Lipinski definition) is 10. The molecule has 125 heavy (non-hydrogen) atoms. The number of benzene rings is 12. The molecule has 12 aromatic carbocycles. The van der Waals surface area contributed by atoms with E-state index in [-0.39, 0.29) is 40.7 Å². The SMILES string of the molecule is O=C(Nc1ccccc1-c1c2nc(c(-c3ccccc3NC(=O)c3cccc(Cn4cnc5ccccc54)c3)c3ccc([n-]3)c(-c3ccccc3NC(=O)c3cccc(Cn4cnc5ccccc54)c3)c3nc(c(-c4ccccc4NC(=O)c4cccc(Cn5cnc6ccccc65)c4)c4ccc1[n-]4)C=C3)C=C2)c1cccc(Cn2cnc3ccccc32)c1.[Cu+2]. The van der Waals surface area contributed by atoms with Crippen molar-refractivity contribution >= 4 is 137 Å². The number of para-hydroxylation sites is 12. The van der Waals surface area contributed by atoms with Crippen molar-refractivity contribution in [1.82, 2.24) is 58.1 Å². The van der Waals surface area contributed by atoms with Gasteiger partial charge in [-0.25, -0.2) is 29.9 Å². The van der Waals surface area contributed by atoms with Crippen molar-refractivity contribution in [3.63, 3.8) is 0 Å². The molecule has 8 bridgehead atoms. The van der Waals surface area contributed by atoms with Crippen LogP contribution >= 0.6 is 0 Å². The summed E-state index contributed by atoms with van der Waals surface area (Å²) in [6, 6.07) is 100. The Bertz CT molecular complexity index is 6890. The second kappa shape index (κ2) is 33.3. The zero-order chi connectivity index (χ0) is 83.1. The van der Waals surface area contributed by atoms with Crippen LogP contribution in [0.4, 0.5) is 22.7 Å². The van der Waals surface area contributed by atoms with E-state index >= 15 is 19.2 Å². The zero-order valence-electron chi connectivity index (χ0n) is 66.8. The Morgan fingerprint density at radius 2 is 0.480 bits per heavy atom. The topological polar surface area (TPSA) is 242 Å². The molecule has 2 aliphatic heterocycles. The van der Waals surface area contributed by atoms with Gasteiger partial charge in [0.1, 0.15) is 0 Å². The number of amides is 4. The van der Waals surface area contributed by atoms with Gasteiger partial charge >= 0.3 is 17.1 Å². The molecule has 603 valence electrons. The van der Waals surface area contributed by atoms with E-state index in [9.17, 15) is 0 Å². The molecule has 21 rings (SSSR count). The molecule has 7 aromatic heterocycles. The minimum absolute atomic E-state index is 0. The monoisotopic (exact) mass is 1670 g/mol. The summed E-state index contributed by atoms with van der Waals surface area (Å²) in [6.07, 6.45) is 15.0. The fourth-order valence-corrected chi connectivity index (χ4v) is 16.8. The molecule has 20 nitrogen and oxygen atoms in total. The molecule has 4 amide bonds. The number of aromatic nitrogens is 12. The van der Waals surface area contributed by atoms with Crippen LogP contribution in [-0.4, -0.2) is 71.8 Å². The molecule has 0 saturated carbocycles. The predicted molar refractivity (Wildman–Crippen MR) is 491 cm³/mol. The quantitative estimate of drug-likeness (QED) is 0.0521. The number of nitrogens with one attached hydrogen (secondary N) is 4. The van der Waals surface area contributed by atoms with Crippen LogP contribution in [0.25, 0.3) is 135 Å². The Hall–Kier alpha value is -16.5. The average Bonchev–Trinajstić information content (AvgIpc) is 1.61. The van der Waals surface area contributed by atoms with Crippen LogP contribution in [0.5, 0.6) is 0 Å². The first-order valence-electron chi connectivity index (χ1n) is 40.7. The van der Waals surface area contributed by atoms with Gasteiger partial charge in [-0.3, -0.25) is 19.2 Å². The van der Waals surface area contributed by atoms with Crippen molar-refractivity contribution < 1.29 is 36.2 Å². The summed E-state index contributed by atoms with van der Waals surface area (Å²) in [4.78, 5) is 102. The largest absolute Gasteiger partial charge is 2.00 e. The standard InChI is InChI=1S/C104H74N16O4.Cu/c121-101(69-25-17-21-65(53-69)57-117-61-105-81-37-9-13-41-93(81)117)113-77-33-5-1-29-73(77)97-85-45-47-87(109-85)98(74-30-2-6-34-78(74)114-102(122)70-26-18-22-66(54-70)58-118-62-106-82-38-10-14-42-94(82)118)89-49-51-91(111-89)100(76-32-4-8-36-80(76)116-104(124)72-28-20-24-68(56-72)60-120-64-108-84-40-12-16-44-96(84)120)92-52-50-90(112-92)99(88-48-46-86(97)110-88)75-31-3-7-35-79(75)115-103(123)71-27-19-23-67(55-71)59-119-63-107-83-39-11-15-43-95(83)119;/h1-56,61-64H,57-60H2,(H6,109,110,111,112,113,114,115,116,121,122,123,124);/q;+2/p-2. The van der Waals surface area contributed by atoms with Crippen LogP contribution in [0.15, 0.2) is 341 Å². The number of nitrogens with zero attached hydrogens (tertiary/aromatic N) is 12. The minimum Gasteiger partial charge on any atom is -0.657 e. The van der Waals surface area contributed by atoms with E-state index in [1.165, 1.54) is 0 Å². The molecule has 0 fully saturated rings. The van der Waals surface area contributed by atoms with Crippen molar-refractivity contribution in [2.24, 2.45) is 0 Å². The Morgan fingerprint density at radius 3 is 0.728 bits per heavy atom. The van der Waals surface area contributed by atoms with Crippen LogP contribution in [-0.2, 0) is 43.2 Å². The van der Waals surface area contributed by atoms with Gasteiger partial charge in [0.15, 0.2) is 0 Å². The molecular formula is C104H72CuN16O4. The van der Waals surface area contributed by atoms with Gasteiger partial charge in [-0.05, 0) is 190 Å². The van der Waals surface area contributed by atoms with E-state index in [0.29, 0.717) is 161 Å². The first-order chi connectivity index (χ1) is 61.0. The molecule has 9 heterocycles. The minimum atomic E-state index is -0.342. The van der Waals surface area contributed by atoms with Crippen molar-refractivity contribution in [3.05, 3.63) is 408 Å². The van der Waals surface area contributed by atoms with E-state index in [0.717, 1.165) is 66.4 Å². The summed E-state index contributed by atoms with van der Waals surface area (Å²) in [6.45, 7) is 1.93. The number of carbonyl (C=O) groups excluding carboxylic acids is 4. The number of carbonyl (C=O) groups is 4. The van der Waals surface area contributed by atoms with Gasteiger partial charge < -0.3 is 49.5 Å². The molecule has 0 unspecified atom stereocenters. The smallest absolute Gasteiger partial charge is 0.657 e. The molecule has 2 aliphatic rings. The van der Waals surface area contributed by atoms with Gasteiger partial charge in [0, 0.05) is 93.4 Å². The first-order valence-corrected chi connectivity index (χ1v) is 40.7. The van der Waals surface area contributed by atoms with E-state index in [1.807, 2.05) is 341 Å². The van der Waals surface area contributed by atoms with Gasteiger partial charge in [0.05, 0.1) is 92.2 Å². The maximum Gasteiger partial charge on any atom is 2.00 e. The van der Waals surface area contributed by atoms with Crippen molar-refractivity contribution in [1.29, 1.82) is 0 Å². The first kappa shape index (κ1) is 77.1. The molecule has 0 aliphatic carbocycles. The summed E-state index contributed by atoms with van der Waals surface area (Å²) in [5.41, 5.74) is 23.3. The number of fused-ring (bicyclic) bond motifs is 12. The molecule has 0 atom stereocenters. The van der Waals surface area contributed by atoms with Crippen molar-refractivity contribution in [2.45, 2.75) is 26.2 Å². The summed E-state index contributed by atoms with van der Waals surface area (Å²) in [5, 5.41) is 13.3. The van der Waals surface area contributed by atoms with E-state index in [2.05, 4.69) is 59.5 Å². The van der Waals surface area contributed by atoms with Crippen LogP contribution in [0.3, 0.4) is 0 Å². The van der Waals surface area contributed by atoms with Crippen molar-refractivity contribution in [2.75, 3.05) is 21.3 Å². The van der Waals surface area contributed by atoms with Crippen LogP contribution < -0.4 is 31.2 Å². The summed E-state index contributed by atoms with van der Waals surface area (Å²) in [7, 11) is 0. The Kier molecular flexibility index (Phi) is 20.5. The van der Waals surface area contributed by atoms with Crippen LogP contribution in [0, 0.1) is 0 Å². The summed E-state index contributed by atoms with van der Waals surface area (Å²) >= 11 is 0. The van der Waals surface area contributed by atoms with Crippen molar-refractivity contribution in [3.8, 4) is 44.5 Å². The third kappa shape index (κ3) is 15.3. The molecule has 0 spiro atoms. The van der Waals surface area contributed by atoms with E-state index in [1.54, 1.807) is 24.3 Å². The fourth-order valence-electron chi connectivity index (χ4n) is 16.8. The molecule has 21 heteroatoms. The third-order valence-electron chi connectivity index (χ3n) is 22.7. The van der Waals surface area contributed by atoms with Crippen LogP contribution in [0.2, 0.25) is 0 Å². The van der Waals surface area contributed by atoms with Gasteiger partial charge in [0.2, 0.25) is 0 Å². The van der Waals surface area contributed by atoms with Gasteiger partial charge in [-0.15, -0.1) is 22.1 Å². The average molecular weight is 1670 g/mol. The predicted octanol–water partition coefficient (Wildman–Crippen LogP) is 21.2. The van der Waals surface area contributed by atoms with E-state index in [4.69, 9.17) is 19.9 Å². The van der Waals surface area contributed by atoms with Gasteiger partial charge in [0.25, 0.3) is 23.6 Å². The number of anilines is 4. The molecule has 4 N–H and O–H groups in total. The summed E-state index contributed by atoms with van der Waals surface area (Å²) in [5.74, 6) is -1.37. The number of rotatable bonds is 20.